The van der Waals surface area contributed by atoms with Crippen LogP contribution in [0.5, 0.6) is 11.5 Å². The number of aromatic nitrogens is 1. The third-order valence-corrected chi connectivity index (χ3v) is 14.3. The highest BCUT2D eigenvalue weighted by molar-refractivity contribution is 7.90. The summed E-state index contributed by atoms with van der Waals surface area (Å²) < 4.78 is 36.6. The molecule has 3 heterocycles. The molecule has 0 saturated carbocycles. The minimum atomic E-state index is -3.72. The quantitative estimate of drug-likeness (QED) is 0.0482. The topological polar surface area (TPSA) is 214 Å². The van der Waals surface area contributed by atoms with Crippen molar-refractivity contribution in [1.82, 2.24) is 25.4 Å². The van der Waals surface area contributed by atoms with Gasteiger partial charge in [0.15, 0.2) is 11.5 Å². The van der Waals surface area contributed by atoms with Crippen LogP contribution in [0, 0.1) is 12.3 Å². The predicted molar refractivity (Wildman–Crippen MR) is 266 cm³/mol. The Morgan fingerprint density at radius 3 is 2.30 bits per heavy atom. The summed E-state index contributed by atoms with van der Waals surface area (Å²) in [4.78, 5) is 76.3. The first-order chi connectivity index (χ1) is 32.7. The molecule has 1 aromatic heterocycles. The van der Waals surface area contributed by atoms with Gasteiger partial charge in [-0.05, 0) is 91.6 Å². The van der Waals surface area contributed by atoms with E-state index in [0.29, 0.717) is 43.2 Å². The Morgan fingerprint density at radius 1 is 0.957 bits per heavy atom. The molecular weight excluding hydrogens is 921 g/mol. The molecule has 0 spiro atoms. The number of aryl methyl sites for hydroxylation is 2. The molecule has 4 aromatic rings. The van der Waals surface area contributed by atoms with Crippen LogP contribution < -0.4 is 25.4 Å². The Kier molecular flexibility index (Phi) is 17.4. The number of nitrogens with one attached hydrogen (secondary N) is 3. The molecule has 0 aliphatic carbocycles. The summed E-state index contributed by atoms with van der Waals surface area (Å²) in [5.41, 5.74) is 5.69. The highest BCUT2D eigenvalue weighted by atomic mass is 32.2. The maximum absolute atomic E-state index is 14.2. The van der Waals surface area contributed by atoms with E-state index in [0.717, 1.165) is 70.5 Å². The van der Waals surface area contributed by atoms with Crippen LogP contribution in [0.25, 0.3) is 10.4 Å². The number of carbonyl (C=O) groups is 5. The fourth-order valence-electron chi connectivity index (χ4n) is 9.06. The average Bonchev–Trinajstić information content (AvgIpc) is 3.97. The van der Waals surface area contributed by atoms with Crippen molar-refractivity contribution < 1.29 is 47.0 Å². The second-order valence-corrected chi connectivity index (χ2v) is 22.1. The van der Waals surface area contributed by atoms with Gasteiger partial charge in [0.05, 0.1) is 70.6 Å². The molecule has 69 heavy (non-hydrogen) atoms. The van der Waals surface area contributed by atoms with Gasteiger partial charge in [-0.3, -0.25) is 28.9 Å². The summed E-state index contributed by atoms with van der Waals surface area (Å²) in [6, 6.07) is 13.5. The number of anilines is 1. The fraction of sp³-hybridized carbons (Fsp3) is 0.490. The molecule has 4 atom stereocenters. The molecule has 372 valence electrons. The average molecular weight is 987 g/mol. The Bertz CT molecular complexity index is 2630. The van der Waals surface area contributed by atoms with E-state index in [-0.39, 0.29) is 41.6 Å². The molecule has 0 bridgehead atoms. The zero-order valence-electron chi connectivity index (χ0n) is 40.8. The molecule has 1 fully saturated rings. The summed E-state index contributed by atoms with van der Waals surface area (Å²) in [6.45, 7) is 12.2. The van der Waals surface area contributed by atoms with E-state index in [2.05, 4.69) is 20.9 Å². The van der Waals surface area contributed by atoms with Crippen LogP contribution in [-0.2, 0) is 37.2 Å². The third kappa shape index (κ3) is 13.1. The van der Waals surface area contributed by atoms with E-state index >= 15 is 0 Å². The van der Waals surface area contributed by atoms with E-state index in [1.54, 1.807) is 48.6 Å². The number of ether oxygens (including phenoxy) is 2. The van der Waals surface area contributed by atoms with Gasteiger partial charge < -0.3 is 35.4 Å². The van der Waals surface area contributed by atoms with Crippen LogP contribution in [0.1, 0.15) is 122 Å². The molecule has 3 aromatic carbocycles. The van der Waals surface area contributed by atoms with Crippen LogP contribution in [0.15, 0.2) is 60.1 Å². The maximum Gasteiger partial charge on any atom is 0.264 e. The molecule has 16 nitrogen and oxygen atoms in total. The molecule has 2 aliphatic rings. The molecule has 1 saturated heterocycles. The van der Waals surface area contributed by atoms with Gasteiger partial charge in [0.25, 0.3) is 11.8 Å². The van der Waals surface area contributed by atoms with Crippen LogP contribution in [-0.4, -0.2) is 115 Å². The van der Waals surface area contributed by atoms with Crippen molar-refractivity contribution in [3.8, 4) is 21.9 Å². The van der Waals surface area contributed by atoms with E-state index in [4.69, 9.17) is 9.47 Å². The minimum absolute atomic E-state index is 0.00971. The normalized spacial score (nSPS) is 16.9. The number of benzene rings is 3. The number of hydrogen-bond acceptors (Lipinski definition) is 13. The van der Waals surface area contributed by atoms with Crippen molar-refractivity contribution in [3.63, 3.8) is 0 Å². The molecule has 3 unspecified atom stereocenters. The lowest BCUT2D eigenvalue weighted by atomic mass is 9.85. The standard InChI is InChI=1S/C51H66N6O10S2/c1-9-67-43-25-36(20-21-42(43)66-7)41(29-69(8,64)65)57-48(61)38-23-34(24-39(55-32(3)58)44(38)49(57)62)15-13-11-10-12-14-22-52-46(51(4,5)6)50(63)56-28-37(59)26-40(56)47(60)53-27-33-16-18-35(19-17-33)45-31(2)54-30-68-45/h16-21,23-25,30,37,40-41,46,52,59H,9-15,22,26-29H2,1-8H3,(H,53,60)(H,55,58)/t37?,40?,41?,46-/m1/s1. The van der Waals surface area contributed by atoms with E-state index in [1.165, 1.54) is 18.9 Å². The molecule has 0 radical (unpaired) electrons. The Morgan fingerprint density at radius 2 is 1.67 bits per heavy atom. The van der Waals surface area contributed by atoms with E-state index in [9.17, 15) is 37.5 Å². The van der Waals surface area contributed by atoms with Crippen molar-refractivity contribution in [2.24, 2.45) is 5.41 Å². The number of hydrogen-bond donors (Lipinski definition) is 4. The van der Waals surface area contributed by atoms with Crippen molar-refractivity contribution in [3.05, 3.63) is 93.6 Å². The maximum atomic E-state index is 14.2. The van der Waals surface area contributed by atoms with Gasteiger partial charge in [0.2, 0.25) is 17.7 Å². The minimum Gasteiger partial charge on any atom is -0.493 e. The zero-order chi connectivity index (χ0) is 50.2. The second kappa shape index (κ2) is 22.8. The first-order valence-electron chi connectivity index (χ1n) is 23.5. The van der Waals surface area contributed by atoms with Crippen molar-refractivity contribution in [2.75, 3.05) is 44.1 Å². The Balaban J connectivity index is 1.03. The number of thiazole rings is 1. The number of aliphatic hydroxyl groups is 1. The number of β-amino-alcohol motifs (C(OH)–C–C–N with tert-alkyl or cyclic N) is 1. The van der Waals surface area contributed by atoms with Gasteiger partial charge in [-0.15, -0.1) is 11.3 Å². The van der Waals surface area contributed by atoms with Gasteiger partial charge in [0, 0.05) is 32.7 Å². The van der Waals surface area contributed by atoms with Crippen LogP contribution >= 0.6 is 11.3 Å². The first kappa shape index (κ1) is 52.7. The van der Waals surface area contributed by atoms with Gasteiger partial charge in [0.1, 0.15) is 15.9 Å². The smallest absolute Gasteiger partial charge is 0.264 e. The number of imide groups is 1. The molecule has 18 heteroatoms. The Hall–Kier alpha value is -5.69. The van der Waals surface area contributed by atoms with Crippen LogP contribution in [0.2, 0.25) is 0 Å². The van der Waals surface area contributed by atoms with Crippen molar-refractivity contribution in [2.45, 2.75) is 117 Å². The van der Waals surface area contributed by atoms with Crippen molar-refractivity contribution >= 4 is 56.4 Å². The fourth-order valence-corrected chi connectivity index (χ4v) is 10.8. The number of unbranched alkanes of at least 4 members (excludes halogenated alkanes) is 4. The predicted octanol–water partition coefficient (Wildman–Crippen LogP) is 6.64. The lowest BCUT2D eigenvalue weighted by Crippen LogP contribution is -2.56. The van der Waals surface area contributed by atoms with E-state index in [1.807, 2.05) is 57.5 Å². The number of rotatable bonds is 22. The first-order valence-corrected chi connectivity index (χ1v) is 26.4. The highest BCUT2D eigenvalue weighted by Crippen LogP contribution is 2.40. The van der Waals surface area contributed by atoms with Crippen LogP contribution in [0.3, 0.4) is 0 Å². The largest absolute Gasteiger partial charge is 0.493 e. The number of amides is 5. The number of fused-ring (bicyclic) bond motifs is 1. The zero-order valence-corrected chi connectivity index (χ0v) is 42.5. The number of likely N-dealkylation sites (tertiary alicyclic amines) is 1. The van der Waals surface area contributed by atoms with E-state index < -0.39 is 63.0 Å². The monoisotopic (exact) mass is 986 g/mol. The lowest BCUT2D eigenvalue weighted by molar-refractivity contribution is -0.142. The summed E-state index contributed by atoms with van der Waals surface area (Å²) in [5, 5.41) is 19.8. The molecular formula is C51H66N6O10S2. The third-order valence-electron chi connectivity index (χ3n) is 12.4. The summed E-state index contributed by atoms with van der Waals surface area (Å²) in [5.74, 6) is -2.12. The van der Waals surface area contributed by atoms with Gasteiger partial charge in [-0.25, -0.2) is 13.4 Å². The highest BCUT2D eigenvalue weighted by Gasteiger charge is 2.45. The summed E-state index contributed by atoms with van der Waals surface area (Å²) >= 11 is 1.58. The second-order valence-electron chi connectivity index (χ2n) is 19.0. The number of aliphatic hydroxyl groups excluding tert-OH is 1. The Labute approximate surface area is 409 Å². The number of sulfone groups is 1. The molecule has 2 aliphatic heterocycles. The molecule has 5 amide bonds. The lowest BCUT2D eigenvalue weighted by Gasteiger charge is -2.35. The van der Waals surface area contributed by atoms with Gasteiger partial charge in [-0.2, -0.15) is 0 Å². The summed E-state index contributed by atoms with van der Waals surface area (Å²) in [6.07, 6.45) is 5.11. The van der Waals surface area contributed by atoms with Gasteiger partial charge in [-0.1, -0.05) is 70.4 Å². The number of nitrogens with zero attached hydrogens (tertiary/aromatic N) is 3. The molecule has 6 rings (SSSR count). The van der Waals surface area contributed by atoms with Gasteiger partial charge >= 0.3 is 0 Å². The molecule has 4 N–H and O–H groups in total. The SMILES string of the molecule is CCOc1cc(C(CS(C)(=O)=O)N2C(=O)c3cc(CCCCCCCN[C@H](C(=O)N4CC(O)CC4C(=O)NCc4ccc(-c5scnc5C)cc4)C(C)(C)C)cc(NC(C)=O)c3C2=O)ccc1OC. The summed E-state index contributed by atoms with van der Waals surface area (Å²) in [7, 11) is -2.24. The van der Waals surface area contributed by atoms with Crippen LogP contribution in [0.4, 0.5) is 5.69 Å². The number of carbonyl (C=O) groups excluding carboxylic acids is 5. The number of methoxy groups -OCH3 is 1. The van der Waals surface area contributed by atoms with Crippen molar-refractivity contribution in [1.29, 1.82) is 0 Å².